The van der Waals surface area contributed by atoms with Gasteiger partial charge in [0, 0.05) is 30.3 Å². The predicted octanol–water partition coefficient (Wildman–Crippen LogP) is 0.206. The van der Waals surface area contributed by atoms with Crippen molar-refractivity contribution >= 4 is 5.71 Å². The second-order valence-electron chi connectivity index (χ2n) is 7.39. The Morgan fingerprint density at radius 3 is 2.12 bits per heavy atom. The Balaban J connectivity index is 0.00000225. The Labute approximate surface area is 157 Å². The van der Waals surface area contributed by atoms with Crippen LogP contribution in [-0.2, 0) is 13.1 Å². The van der Waals surface area contributed by atoms with E-state index in [9.17, 15) is 0 Å². The minimum absolute atomic E-state index is 0. The number of benzene rings is 2. The quantitative estimate of drug-likeness (QED) is 0.788. The average Bonchev–Trinajstić information content (AvgIpc) is 2.59. The maximum Gasteiger partial charge on any atom is 0.176 e. The topological polar surface area (TPSA) is 26.0 Å². The van der Waals surface area contributed by atoms with E-state index in [0.29, 0.717) is 0 Å². The maximum atomic E-state index is 3.62. The summed E-state index contributed by atoms with van der Waals surface area (Å²) in [4.78, 5) is 3.62. The van der Waals surface area contributed by atoms with Crippen molar-refractivity contribution in [1.29, 1.82) is 0 Å². The van der Waals surface area contributed by atoms with Crippen LogP contribution in [0.4, 0.5) is 0 Å². The molecule has 0 amide bonds. The summed E-state index contributed by atoms with van der Waals surface area (Å²) in [5.74, 6) is 0. The Hall–Kier alpha value is -2.06. The lowest BCUT2D eigenvalue weighted by atomic mass is 9.78. The minimum Gasteiger partial charge on any atom is -1.00 e. The van der Waals surface area contributed by atoms with Crippen LogP contribution in [0.3, 0.4) is 0 Å². The van der Waals surface area contributed by atoms with E-state index in [4.69, 9.17) is 0 Å². The van der Waals surface area contributed by atoms with Crippen molar-refractivity contribution in [3.8, 4) is 0 Å². The predicted molar refractivity (Wildman–Crippen MR) is 100 cm³/mol. The van der Waals surface area contributed by atoms with Gasteiger partial charge in [0.15, 0.2) is 12.3 Å². The number of rotatable bonds is 5. The summed E-state index contributed by atoms with van der Waals surface area (Å²) in [6.07, 6.45) is 4.49. The highest BCUT2D eigenvalue weighted by molar-refractivity contribution is 5.92. The maximum absolute atomic E-state index is 3.62. The van der Waals surface area contributed by atoms with Crippen molar-refractivity contribution < 1.29 is 17.4 Å². The summed E-state index contributed by atoms with van der Waals surface area (Å²) in [6, 6.07) is 21.2. The number of allylic oxidation sites excluding steroid dienone is 2. The van der Waals surface area contributed by atoms with Crippen LogP contribution in [0.25, 0.3) is 0 Å². The number of halogens is 1. The average molecular weight is 355 g/mol. The van der Waals surface area contributed by atoms with Crippen LogP contribution < -0.4 is 22.7 Å². The summed E-state index contributed by atoms with van der Waals surface area (Å²) < 4.78 is 0. The molecule has 3 heteroatoms. The monoisotopic (exact) mass is 354 g/mol. The molecule has 2 nitrogen and oxygen atoms in total. The second kappa shape index (κ2) is 8.87. The molecule has 0 saturated heterocycles. The van der Waals surface area contributed by atoms with Crippen LogP contribution in [0.5, 0.6) is 0 Å². The largest absolute Gasteiger partial charge is 1.00 e. The lowest BCUT2D eigenvalue weighted by molar-refractivity contribution is -0.476. The van der Waals surface area contributed by atoms with Gasteiger partial charge in [-0.3, -0.25) is 0 Å². The molecule has 0 bridgehead atoms. The molecule has 25 heavy (non-hydrogen) atoms. The van der Waals surface area contributed by atoms with Gasteiger partial charge in [0.2, 0.25) is 0 Å². The van der Waals surface area contributed by atoms with Crippen molar-refractivity contribution in [2.24, 2.45) is 5.41 Å². The molecule has 2 N–H and O–H groups in total. The standard InChI is InChI=1S/C22H26N2.ClH/c1-22(2)14-20(23-16-18-9-5-3-6-10-18)13-21(15-22)24-17-19-11-7-4-8-12-19;/h3-13,23H,14-17H2,1-2H3;1H. The van der Waals surface area contributed by atoms with Crippen LogP contribution in [-0.4, -0.2) is 5.71 Å². The van der Waals surface area contributed by atoms with E-state index in [1.54, 1.807) is 0 Å². The van der Waals surface area contributed by atoms with E-state index in [-0.39, 0.29) is 17.8 Å². The van der Waals surface area contributed by atoms with Crippen molar-refractivity contribution in [2.75, 3.05) is 0 Å². The fraction of sp³-hybridized carbons (Fsp3) is 0.318. The van der Waals surface area contributed by atoms with Gasteiger partial charge >= 0.3 is 0 Å². The molecule has 0 fully saturated rings. The molecule has 0 atom stereocenters. The molecule has 132 valence electrons. The molecule has 2 aromatic carbocycles. The molecule has 0 saturated carbocycles. The van der Waals surface area contributed by atoms with Crippen LogP contribution in [0.15, 0.2) is 72.4 Å². The third kappa shape index (κ3) is 6.06. The van der Waals surface area contributed by atoms with E-state index < -0.39 is 0 Å². The van der Waals surface area contributed by atoms with Crippen molar-refractivity contribution in [3.05, 3.63) is 83.6 Å². The van der Waals surface area contributed by atoms with E-state index in [1.165, 1.54) is 22.5 Å². The lowest BCUT2D eigenvalue weighted by Crippen LogP contribution is -3.00. The van der Waals surface area contributed by atoms with Gasteiger partial charge in [0.25, 0.3) is 0 Å². The number of hydrogen-bond acceptors (Lipinski definition) is 1. The Kier molecular flexibility index (Phi) is 6.83. The molecule has 0 heterocycles. The van der Waals surface area contributed by atoms with Crippen LogP contribution in [0.2, 0.25) is 0 Å². The van der Waals surface area contributed by atoms with Crippen molar-refractivity contribution in [2.45, 2.75) is 39.8 Å². The van der Waals surface area contributed by atoms with Gasteiger partial charge < -0.3 is 17.7 Å². The lowest BCUT2D eigenvalue weighted by Gasteiger charge is -2.29. The molecule has 0 radical (unpaired) electrons. The zero-order chi connectivity index (χ0) is 16.8. The van der Waals surface area contributed by atoms with Gasteiger partial charge in [0.05, 0.1) is 0 Å². The van der Waals surface area contributed by atoms with Crippen LogP contribution in [0.1, 0.15) is 37.8 Å². The summed E-state index contributed by atoms with van der Waals surface area (Å²) in [6.45, 7) is 6.45. The SMILES string of the molecule is CC1(C)CC(NCc2ccccc2)=CC(=[NH+]Cc2ccccc2)C1.[Cl-]. The van der Waals surface area contributed by atoms with Crippen molar-refractivity contribution in [3.63, 3.8) is 0 Å². The van der Waals surface area contributed by atoms with Crippen LogP contribution >= 0.6 is 0 Å². The first-order valence-corrected chi connectivity index (χ1v) is 8.73. The molecule has 1 aliphatic rings. The summed E-state index contributed by atoms with van der Waals surface area (Å²) in [7, 11) is 0. The van der Waals surface area contributed by atoms with Gasteiger partial charge in [-0.1, -0.05) is 74.5 Å². The van der Waals surface area contributed by atoms with Crippen molar-refractivity contribution in [1.82, 2.24) is 5.32 Å². The number of nitrogens with one attached hydrogen (secondary N) is 2. The molecule has 0 unspecified atom stereocenters. The highest BCUT2D eigenvalue weighted by Gasteiger charge is 2.28. The molecule has 0 spiro atoms. The molecular formula is C22H27ClN2. The Morgan fingerprint density at radius 1 is 0.880 bits per heavy atom. The summed E-state index contributed by atoms with van der Waals surface area (Å²) in [5, 5.41) is 3.62. The molecule has 0 aromatic heterocycles. The van der Waals surface area contributed by atoms with E-state index in [2.05, 4.69) is 90.9 Å². The Bertz CT molecular complexity index is 718. The van der Waals surface area contributed by atoms with E-state index in [0.717, 1.165) is 25.9 Å². The molecule has 1 aliphatic carbocycles. The highest BCUT2D eigenvalue weighted by Crippen LogP contribution is 2.32. The van der Waals surface area contributed by atoms with Gasteiger partial charge in [-0.15, -0.1) is 0 Å². The fourth-order valence-electron chi connectivity index (χ4n) is 3.26. The highest BCUT2D eigenvalue weighted by atomic mass is 35.5. The summed E-state index contributed by atoms with van der Waals surface area (Å²) in [5.41, 5.74) is 5.57. The first-order chi connectivity index (χ1) is 11.6. The van der Waals surface area contributed by atoms with Crippen LogP contribution in [0, 0.1) is 5.41 Å². The fourth-order valence-corrected chi connectivity index (χ4v) is 3.26. The zero-order valence-electron chi connectivity index (χ0n) is 15.1. The third-order valence-corrected chi connectivity index (χ3v) is 4.41. The molecule has 2 aromatic rings. The van der Waals surface area contributed by atoms with Gasteiger partial charge in [-0.05, 0) is 17.4 Å². The smallest absolute Gasteiger partial charge is 0.176 e. The van der Waals surface area contributed by atoms with E-state index >= 15 is 0 Å². The molecular weight excluding hydrogens is 328 g/mol. The second-order valence-corrected chi connectivity index (χ2v) is 7.39. The Morgan fingerprint density at radius 2 is 1.48 bits per heavy atom. The van der Waals surface area contributed by atoms with Gasteiger partial charge in [-0.2, -0.15) is 0 Å². The zero-order valence-corrected chi connectivity index (χ0v) is 15.8. The summed E-state index contributed by atoms with van der Waals surface area (Å²) >= 11 is 0. The molecule has 3 rings (SSSR count). The van der Waals surface area contributed by atoms with Gasteiger partial charge in [-0.25, -0.2) is 4.99 Å². The third-order valence-electron chi connectivity index (χ3n) is 4.41. The first-order valence-electron chi connectivity index (χ1n) is 8.73. The normalized spacial score (nSPS) is 17.5. The first kappa shape index (κ1) is 19.3. The van der Waals surface area contributed by atoms with E-state index in [1.807, 2.05) is 0 Å². The molecule has 0 aliphatic heterocycles. The minimum atomic E-state index is 0. The van der Waals surface area contributed by atoms with Gasteiger partial charge in [0.1, 0.15) is 0 Å². The number of hydrogen-bond donors (Lipinski definition) is 2.